The van der Waals surface area contributed by atoms with Crippen LogP contribution in [0.1, 0.15) is 5.56 Å². The van der Waals surface area contributed by atoms with Crippen LogP contribution in [0.25, 0.3) is 6.08 Å². The summed E-state index contributed by atoms with van der Waals surface area (Å²) < 4.78 is 15.9. The molecule has 172 valence electrons. The van der Waals surface area contributed by atoms with Crippen LogP contribution >= 0.6 is 15.9 Å². The van der Waals surface area contributed by atoms with Crippen LogP contribution in [0.2, 0.25) is 0 Å². The molecule has 0 spiro atoms. The van der Waals surface area contributed by atoms with Crippen molar-refractivity contribution in [3.05, 3.63) is 58.2 Å². The fourth-order valence-corrected chi connectivity index (χ4v) is 3.47. The van der Waals surface area contributed by atoms with E-state index in [9.17, 15) is 19.2 Å². The SMILES string of the molecule is COC(=O)CN1C(=O)N/C(=C/c2cc(Br)c(OCC(=O)Nc3ccccc3)c(OC)c2)C1=O. The van der Waals surface area contributed by atoms with Gasteiger partial charge in [0.25, 0.3) is 11.8 Å². The molecule has 1 heterocycles. The molecule has 2 aromatic rings. The number of nitrogens with one attached hydrogen (secondary N) is 2. The Bertz CT molecular complexity index is 1120. The summed E-state index contributed by atoms with van der Waals surface area (Å²) in [4.78, 5) is 48.8. The normalized spacial score (nSPS) is 14.2. The second kappa shape index (κ2) is 10.6. The molecule has 11 heteroatoms. The summed E-state index contributed by atoms with van der Waals surface area (Å²) in [6.07, 6.45) is 1.43. The second-order valence-corrected chi connectivity index (χ2v) is 7.55. The molecule has 0 aromatic heterocycles. The van der Waals surface area contributed by atoms with Crippen LogP contribution in [0, 0.1) is 0 Å². The Hall–Kier alpha value is -3.86. The zero-order valence-electron chi connectivity index (χ0n) is 17.7. The first-order valence-electron chi connectivity index (χ1n) is 9.59. The highest BCUT2D eigenvalue weighted by atomic mass is 79.9. The average molecular weight is 518 g/mol. The van der Waals surface area contributed by atoms with Gasteiger partial charge in [0.2, 0.25) is 0 Å². The molecule has 10 nitrogen and oxygen atoms in total. The van der Waals surface area contributed by atoms with Crippen LogP contribution in [-0.4, -0.2) is 56.1 Å². The number of urea groups is 1. The van der Waals surface area contributed by atoms with Gasteiger partial charge in [0.05, 0.1) is 18.7 Å². The molecular weight excluding hydrogens is 498 g/mol. The molecule has 0 atom stereocenters. The van der Waals surface area contributed by atoms with Crippen molar-refractivity contribution in [3.8, 4) is 11.5 Å². The van der Waals surface area contributed by atoms with E-state index in [1.807, 2.05) is 6.07 Å². The number of hydrogen-bond donors (Lipinski definition) is 2. The van der Waals surface area contributed by atoms with Crippen molar-refractivity contribution < 1.29 is 33.4 Å². The Balaban J connectivity index is 1.73. The average Bonchev–Trinajstić information content (AvgIpc) is 3.05. The Morgan fingerprint density at radius 3 is 2.55 bits per heavy atom. The highest BCUT2D eigenvalue weighted by molar-refractivity contribution is 9.10. The van der Waals surface area contributed by atoms with Gasteiger partial charge in [-0.1, -0.05) is 18.2 Å². The van der Waals surface area contributed by atoms with E-state index in [1.54, 1.807) is 36.4 Å². The van der Waals surface area contributed by atoms with E-state index >= 15 is 0 Å². The number of anilines is 1. The number of para-hydroxylation sites is 1. The number of ether oxygens (including phenoxy) is 3. The molecule has 2 aromatic carbocycles. The minimum atomic E-state index is -0.730. The first-order valence-corrected chi connectivity index (χ1v) is 10.4. The number of imide groups is 1. The van der Waals surface area contributed by atoms with Crippen molar-refractivity contribution >= 4 is 51.5 Å². The van der Waals surface area contributed by atoms with Gasteiger partial charge in [-0.3, -0.25) is 14.4 Å². The Morgan fingerprint density at radius 1 is 1.15 bits per heavy atom. The molecule has 4 amide bonds. The minimum Gasteiger partial charge on any atom is -0.493 e. The van der Waals surface area contributed by atoms with E-state index in [0.29, 0.717) is 21.5 Å². The maximum atomic E-state index is 12.5. The number of carbonyl (C=O) groups excluding carboxylic acids is 4. The third-order valence-corrected chi connectivity index (χ3v) is 5.03. The second-order valence-electron chi connectivity index (χ2n) is 6.69. The lowest BCUT2D eigenvalue weighted by molar-refractivity contribution is -0.143. The maximum Gasteiger partial charge on any atom is 0.329 e. The van der Waals surface area contributed by atoms with Crippen molar-refractivity contribution in [2.75, 3.05) is 32.7 Å². The van der Waals surface area contributed by atoms with Gasteiger partial charge < -0.3 is 24.8 Å². The lowest BCUT2D eigenvalue weighted by Crippen LogP contribution is -2.36. The molecule has 1 aliphatic rings. The fourth-order valence-electron chi connectivity index (χ4n) is 2.89. The number of esters is 1. The lowest BCUT2D eigenvalue weighted by atomic mass is 10.1. The van der Waals surface area contributed by atoms with Crippen LogP contribution < -0.4 is 20.1 Å². The van der Waals surface area contributed by atoms with E-state index < -0.39 is 24.5 Å². The lowest BCUT2D eigenvalue weighted by Gasteiger charge is -2.14. The summed E-state index contributed by atoms with van der Waals surface area (Å²) in [6, 6.07) is 11.4. The zero-order chi connectivity index (χ0) is 24.0. The molecule has 2 N–H and O–H groups in total. The van der Waals surface area contributed by atoms with Crippen LogP contribution in [0.5, 0.6) is 11.5 Å². The number of amides is 4. The first-order chi connectivity index (χ1) is 15.8. The molecule has 1 aliphatic heterocycles. The van der Waals surface area contributed by atoms with Crippen molar-refractivity contribution in [2.24, 2.45) is 0 Å². The molecule has 1 fully saturated rings. The molecule has 0 bridgehead atoms. The van der Waals surface area contributed by atoms with Crippen LogP contribution in [0.3, 0.4) is 0 Å². The minimum absolute atomic E-state index is 0.0197. The standard InChI is InChI=1S/C22H20BrN3O7/c1-31-17-10-13(9-16-21(29)26(22(30)25-16)11-19(28)32-2)8-15(23)20(17)33-12-18(27)24-14-6-4-3-5-7-14/h3-10H,11-12H2,1-2H3,(H,24,27)(H,25,30)/b16-9+. The molecule has 0 radical (unpaired) electrons. The molecule has 33 heavy (non-hydrogen) atoms. The summed E-state index contributed by atoms with van der Waals surface area (Å²) in [6.45, 7) is -0.759. The Labute approximate surface area is 197 Å². The summed E-state index contributed by atoms with van der Waals surface area (Å²) in [7, 11) is 2.59. The summed E-state index contributed by atoms with van der Waals surface area (Å²) in [5, 5.41) is 5.13. The summed E-state index contributed by atoms with van der Waals surface area (Å²) in [5.41, 5.74) is 1.13. The number of hydrogen-bond acceptors (Lipinski definition) is 7. The van der Waals surface area contributed by atoms with E-state index in [2.05, 4.69) is 31.3 Å². The Morgan fingerprint density at radius 2 is 1.88 bits per heavy atom. The third kappa shape index (κ3) is 5.89. The summed E-state index contributed by atoms with van der Waals surface area (Å²) >= 11 is 3.38. The predicted octanol–water partition coefficient (Wildman–Crippen LogP) is 2.54. The number of methoxy groups -OCH3 is 2. The predicted molar refractivity (Wildman–Crippen MR) is 121 cm³/mol. The largest absolute Gasteiger partial charge is 0.493 e. The monoisotopic (exact) mass is 517 g/mol. The van der Waals surface area contributed by atoms with Crippen LogP contribution in [0.15, 0.2) is 52.6 Å². The topological polar surface area (TPSA) is 123 Å². The number of halogens is 1. The molecule has 0 aliphatic carbocycles. The van der Waals surface area contributed by atoms with Gasteiger partial charge in [-0.25, -0.2) is 9.69 Å². The number of benzene rings is 2. The van der Waals surface area contributed by atoms with Gasteiger partial charge >= 0.3 is 12.0 Å². The van der Waals surface area contributed by atoms with E-state index in [0.717, 1.165) is 12.0 Å². The Kier molecular flexibility index (Phi) is 7.67. The van der Waals surface area contributed by atoms with Crippen LogP contribution in [0.4, 0.5) is 10.5 Å². The van der Waals surface area contributed by atoms with Gasteiger partial charge in [-0.15, -0.1) is 0 Å². The zero-order valence-corrected chi connectivity index (χ0v) is 19.3. The first kappa shape index (κ1) is 23.8. The van der Waals surface area contributed by atoms with Gasteiger partial charge in [0, 0.05) is 5.69 Å². The van der Waals surface area contributed by atoms with E-state index in [4.69, 9.17) is 9.47 Å². The molecule has 0 saturated carbocycles. The van der Waals surface area contributed by atoms with Crippen molar-refractivity contribution in [1.82, 2.24) is 10.2 Å². The highest BCUT2D eigenvalue weighted by Crippen LogP contribution is 2.37. The molecule has 0 unspecified atom stereocenters. The summed E-state index contributed by atoms with van der Waals surface area (Å²) in [5.74, 6) is -1.16. The quantitative estimate of drug-likeness (QED) is 0.313. The van der Waals surface area contributed by atoms with Crippen molar-refractivity contribution in [1.29, 1.82) is 0 Å². The van der Waals surface area contributed by atoms with Gasteiger partial charge in [0.15, 0.2) is 18.1 Å². The van der Waals surface area contributed by atoms with Crippen molar-refractivity contribution in [2.45, 2.75) is 0 Å². The molecule has 3 rings (SSSR count). The van der Waals surface area contributed by atoms with Crippen molar-refractivity contribution in [3.63, 3.8) is 0 Å². The van der Waals surface area contributed by atoms with Gasteiger partial charge in [-0.2, -0.15) is 0 Å². The van der Waals surface area contributed by atoms with Gasteiger partial charge in [-0.05, 0) is 51.8 Å². The smallest absolute Gasteiger partial charge is 0.329 e. The van der Waals surface area contributed by atoms with E-state index in [1.165, 1.54) is 13.2 Å². The number of rotatable bonds is 8. The highest BCUT2D eigenvalue weighted by Gasteiger charge is 2.35. The van der Waals surface area contributed by atoms with Crippen LogP contribution in [-0.2, 0) is 19.1 Å². The number of nitrogens with zero attached hydrogens (tertiary/aromatic N) is 1. The maximum absolute atomic E-state index is 12.5. The molecular formula is C22H20BrN3O7. The van der Waals surface area contributed by atoms with Gasteiger partial charge in [0.1, 0.15) is 12.2 Å². The number of carbonyl (C=O) groups is 4. The third-order valence-electron chi connectivity index (χ3n) is 4.45. The fraction of sp³-hybridized carbons (Fsp3) is 0.182. The molecule has 1 saturated heterocycles. The van der Waals surface area contributed by atoms with E-state index in [-0.39, 0.29) is 24.0 Å².